The van der Waals surface area contributed by atoms with E-state index in [0.29, 0.717) is 10.9 Å². The zero-order valence-electron chi connectivity index (χ0n) is 21.2. The molecule has 2 bridgehead atoms. The molecule has 3 aliphatic rings. The number of fused-ring (bicyclic) bond motifs is 1. The highest BCUT2D eigenvalue weighted by Crippen LogP contribution is 2.26. The number of carboxylic acid groups (broad SMARTS) is 1. The SMILES string of the molecule is CC.CC.CC1=C(CC(=O)O)C2=CC(C=CC=C2)N1.C[C@H]1CCCN1S(=O)c1ccc(F)cc1. The van der Waals surface area contributed by atoms with Gasteiger partial charge in [-0.15, -0.1) is 0 Å². The van der Waals surface area contributed by atoms with E-state index >= 15 is 0 Å². The van der Waals surface area contributed by atoms with Crippen molar-refractivity contribution in [2.45, 2.75) is 77.8 Å². The second-order valence-corrected chi connectivity index (χ2v) is 8.98. The highest BCUT2D eigenvalue weighted by atomic mass is 32.2. The fraction of sp³-hybridized carbons (Fsp3) is 0.444. The Balaban J connectivity index is 0.000000297. The van der Waals surface area contributed by atoms with Gasteiger partial charge in [0.1, 0.15) is 16.8 Å². The number of nitrogens with one attached hydrogen (secondary N) is 1. The van der Waals surface area contributed by atoms with Crippen LogP contribution in [0.25, 0.3) is 0 Å². The number of halogens is 1. The van der Waals surface area contributed by atoms with Gasteiger partial charge < -0.3 is 10.4 Å². The largest absolute Gasteiger partial charge is 0.481 e. The first kappa shape index (κ1) is 29.5. The van der Waals surface area contributed by atoms with Crippen molar-refractivity contribution >= 4 is 17.0 Å². The molecule has 5 nitrogen and oxygen atoms in total. The summed E-state index contributed by atoms with van der Waals surface area (Å²) in [6.45, 7) is 12.9. The van der Waals surface area contributed by atoms with Gasteiger partial charge in [0.25, 0.3) is 0 Å². The van der Waals surface area contributed by atoms with Gasteiger partial charge in [0.05, 0.1) is 17.4 Å². The lowest BCUT2D eigenvalue weighted by atomic mass is 9.95. The number of nitrogens with zero attached hydrogens (tertiary/aromatic N) is 1. The number of allylic oxidation sites excluding steroid dienone is 5. The van der Waals surface area contributed by atoms with Crippen LogP contribution >= 0.6 is 0 Å². The predicted octanol–water partition coefficient (Wildman–Crippen LogP) is 6.14. The number of aliphatic carboxylic acids is 1. The minimum Gasteiger partial charge on any atom is -0.481 e. The highest BCUT2D eigenvalue weighted by Gasteiger charge is 2.26. The Kier molecular flexibility index (Phi) is 13.4. The molecule has 188 valence electrons. The molecule has 2 aliphatic heterocycles. The van der Waals surface area contributed by atoms with Gasteiger partial charge in [-0.3, -0.25) is 4.79 Å². The fourth-order valence-electron chi connectivity index (χ4n) is 3.72. The molecule has 4 rings (SSSR count). The number of carboxylic acids is 1. The van der Waals surface area contributed by atoms with Gasteiger partial charge in [-0.25, -0.2) is 12.9 Å². The Bertz CT molecular complexity index is 936. The fourth-order valence-corrected chi connectivity index (χ4v) is 5.08. The van der Waals surface area contributed by atoms with Gasteiger partial charge in [0, 0.05) is 18.3 Å². The highest BCUT2D eigenvalue weighted by molar-refractivity contribution is 7.82. The van der Waals surface area contributed by atoms with Crippen molar-refractivity contribution in [3.63, 3.8) is 0 Å². The van der Waals surface area contributed by atoms with E-state index in [9.17, 15) is 13.4 Å². The quantitative estimate of drug-likeness (QED) is 0.532. The third-order valence-electron chi connectivity index (χ3n) is 5.30. The summed E-state index contributed by atoms with van der Waals surface area (Å²) in [5.41, 5.74) is 2.85. The molecule has 3 atom stereocenters. The molecule has 1 aromatic carbocycles. The Morgan fingerprint density at radius 3 is 2.38 bits per heavy atom. The van der Waals surface area contributed by atoms with Crippen molar-refractivity contribution in [1.82, 2.24) is 9.62 Å². The molecule has 7 heteroatoms. The summed E-state index contributed by atoms with van der Waals surface area (Å²) in [6, 6.07) is 6.44. The molecule has 0 spiro atoms. The van der Waals surface area contributed by atoms with Gasteiger partial charge in [-0.05, 0) is 62.1 Å². The standard InChI is InChI=1S/C12H13NO2.C11H14FNOS.2C2H6/c1-8-11(7-12(14)15)9-4-2-3-5-10(6-9)13-8;1-9-3-2-8-13(9)15(14)11-6-4-10(12)5-7-11;2*1-2/h2-6,10,13H,7H2,1H3,(H,14,15);4-7,9H,2-3,8H2,1H3;2*1-2H3/t;9-,15?;;/m.0../s1. The number of rotatable bonds is 4. The van der Waals surface area contributed by atoms with Crippen molar-refractivity contribution in [3.8, 4) is 0 Å². The van der Waals surface area contributed by atoms with E-state index in [4.69, 9.17) is 5.11 Å². The second kappa shape index (κ2) is 15.4. The van der Waals surface area contributed by atoms with Crippen molar-refractivity contribution in [2.75, 3.05) is 6.54 Å². The van der Waals surface area contributed by atoms with Crippen molar-refractivity contribution < 1.29 is 18.5 Å². The molecule has 0 saturated carbocycles. The van der Waals surface area contributed by atoms with Crippen LogP contribution in [0.2, 0.25) is 0 Å². The van der Waals surface area contributed by atoms with E-state index < -0.39 is 17.0 Å². The van der Waals surface area contributed by atoms with Crippen molar-refractivity contribution in [1.29, 1.82) is 0 Å². The average Bonchev–Trinajstić information content (AvgIpc) is 3.16. The van der Waals surface area contributed by atoms with E-state index in [1.54, 1.807) is 12.1 Å². The number of dihydropyridines is 1. The molecule has 34 heavy (non-hydrogen) atoms. The van der Waals surface area contributed by atoms with Crippen LogP contribution in [-0.4, -0.2) is 38.2 Å². The van der Waals surface area contributed by atoms with E-state index in [1.165, 1.54) is 12.1 Å². The normalized spacial score (nSPS) is 21.3. The molecule has 2 unspecified atom stereocenters. The Morgan fingerprint density at radius 1 is 1.18 bits per heavy atom. The molecule has 1 fully saturated rings. The predicted molar refractivity (Wildman–Crippen MR) is 139 cm³/mol. The lowest BCUT2D eigenvalue weighted by Crippen LogP contribution is -2.28. The molecule has 0 aromatic heterocycles. The third-order valence-corrected chi connectivity index (χ3v) is 6.94. The molecule has 2 heterocycles. The average molecular weight is 491 g/mol. The zero-order chi connectivity index (χ0) is 25.7. The van der Waals surface area contributed by atoms with Crippen LogP contribution in [0, 0.1) is 5.82 Å². The van der Waals surface area contributed by atoms with Crippen LogP contribution in [-0.2, 0) is 15.8 Å². The van der Waals surface area contributed by atoms with Crippen LogP contribution in [0.15, 0.2) is 76.4 Å². The lowest BCUT2D eigenvalue weighted by molar-refractivity contribution is -0.136. The van der Waals surface area contributed by atoms with E-state index in [-0.39, 0.29) is 18.3 Å². The first-order chi connectivity index (χ1) is 16.3. The number of carbonyl (C=O) groups is 1. The zero-order valence-corrected chi connectivity index (χ0v) is 22.0. The molecule has 1 aromatic rings. The van der Waals surface area contributed by atoms with Crippen molar-refractivity contribution in [3.05, 3.63) is 77.3 Å². The summed E-state index contributed by atoms with van der Waals surface area (Å²) in [7, 11) is -1.13. The van der Waals surface area contributed by atoms with E-state index in [1.807, 2.05) is 69.3 Å². The van der Waals surface area contributed by atoms with Crippen LogP contribution in [0.5, 0.6) is 0 Å². The molecular formula is C27H39FN2O3S. The van der Waals surface area contributed by atoms with Gasteiger partial charge in [0.2, 0.25) is 0 Å². The Hall–Kier alpha value is -2.51. The van der Waals surface area contributed by atoms with Gasteiger partial charge in [-0.2, -0.15) is 0 Å². The smallest absolute Gasteiger partial charge is 0.307 e. The van der Waals surface area contributed by atoms with Crippen molar-refractivity contribution in [2.24, 2.45) is 0 Å². The summed E-state index contributed by atoms with van der Waals surface area (Å²) >= 11 is 0. The molecule has 1 aliphatic carbocycles. The maximum absolute atomic E-state index is 12.7. The van der Waals surface area contributed by atoms with Crippen LogP contribution in [0.3, 0.4) is 0 Å². The van der Waals surface area contributed by atoms with Crippen LogP contribution in [0.4, 0.5) is 4.39 Å². The second-order valence-electron chi connectivity index (χ2n) is 7.55. The van der Waals surface area contributed by atoms with Crippen LogP contribution < -0.4 is 5.32 Å². The summed E-state index contributed by atoms with van der Waals surface area (Å²) in [5.74, 6) is -1.08. The first-order valence-electron chi connectivity index (χ1n) is 12.0. The Morgan fingerprint density at radius 2 is 1.82 bits per heavy atom. The van der Waals surface area contributed by atoms with Crippen LogP contribution in [0.1, 0.15) is 60.8 Å². The molecule has 2 N–H and O–H groups in total. The minimum absolute atomic E-state index is 0.0712. The molecule has 0 amide bonds. The number of hydrogen-bond donors (Lipinski definition) is 2. The van der Waals surface area contributed by atoms with Gasteiger partial charge >= 0.3 is 5.97 Å². The van der Waals surface area contributed by atoms with E-state index in [2.05, 4.69) is 12.2 Å². The summed E-state index contributed by atoms with van der Waals surface area (Å²) in [4.78, 5) is 11.4. The van der Waals surface area contributed by atoms with Gasteiger partial charge in [0.15, 0.2) is 0 Å². The van der Waals surface area contributed by atoms with Gasteiger partial charge in [-0.1, -0.05) is 58.1 Å². The summed E-state index contributed by atoms with van der Waals surface area (Å²) in [6.07, 6.45) is 12.2. The third kappa shape index (κ3) is 8.69. The number of benzene rings is 1. The molecule has 0 radical (unpaired) electrons. The maximum atomic E-state index is 12.7. The Labute approximate surface area is 206 Å². The first-order valence-corrected chi connectivity index (χ1v) is 13.1. The molecule has 1 saturated heterocycles. The topological polar surface area (TPSA) is 69.6 Å². The monoisotopic (exact) mass is 490 g/mol. The number of hydrogen-bond acceptors (Lipinski definition) is 3. The minimum atomic E-state index is -1.13. The maximum Gasteiger partial charge on any atom is 0.307 e. The summed E-state index contributed by atoms with van der Waals surface area (Å²) < 4.78 is 26.7. The molecular weight excluding hydrogens is 451 g/mol. The van der Waals surface area contributed by atoms with E-state index in [0.717, 1.165) is 36.2 Å². The summed E-state index contributed by atoms with van der Waals surface area (Å²) in [5, 5.41) is 12.1. The lowest BCUT2D eigenvalue weighted by Gasteiger charge is -2.23.